The van der Waals surface area contributed by atoms with E-state index in [2.05, 4.69) is 25.9 Å². The normalized spacial score (nSPS) is 11.8. The summed E-state index contributed by atoms with van der Waals surface area (Å²) >= 11 is 0. The molecule has 2 amide bonds. The molecule has 0 fully saturated rings. The average Bonchev–Trinajstić information content (AvgIpc) is 3.41. The lowest BCUT2D eigenvalue weighted by molar-refractivity contribution is 0.0352. The third-order valence-electron chi connectivity index (χ3n) is 6.80. The Bertz CT molecular complexity index is 1720. The van der Waals surface area contributed by atoms with Crippen LogP contribution in [0.1, 0.15) is 57.5 Å². The Morgan fingerprint density at radius 2 is 1.78 bits per heavy atom. The van der Waals surface area contributed by atoms with Crippen molar-refractivity contribution in [2.75, 3.05) is 32.2 Å². The summed E-state index contributed by atoms with van der Waals surface area (Å²) in [5, 5.41) is 8.88. The van der Waals surface area contributed by atoms with Crippen LogP contribution in [0.4, 0.5) is 25.1 Å². The molecule has 0 aliphatic rings. The van der Waals surface area contributed by atoms with Gasteiger partial charge in [0.05, 0.1) is 37.8 Å². The minimum absolute atomic E-state index is 0.0261. The molecule has 11 nitrogen and oxygen atoms in total. The van der Waals surface area contributed by atoms with Crippen molar-refractivity contribution in [3.63, 3.8) is 0 Å². The van der Waals surface area contributed by atoms with E-state index in [1.54, 1.807) is 43.5 Å². The largest absolute Gasteiger partial charge is 0.494 e. The van der Waals surface area contributed by atoms with E-state index in [-0.39, 0.29) is 37.0 Å². The molecule has 0 radical (unpaired) electrons. The second-order valence-corrected chi connectivity index (χ2v) is 12.2. The van der Waals surface area contributed by atoms with Crippen molar-refractivity contribution in [2.45, 2.75) is 59.1 Å². The molecule has 13 heteroatoms. The predicted molar refractivity (Wildman–Crippen MR) is 171 cm³/mol. The van der Waals surface area contributed by atoms with E-state index in [0.717, 1.165) is 5.56 Å². The number of alkyl carbamates (subject to hydrolysis) is 1. The van der Waals surface area contributed by atoms with Crippen LogP contribution in [0, 0.1) is 11.6 Å². The van der Waals surface area contributed by atoms with Crippen LogP contribution in [0.15, 0.2) is 48.9 Å². The van der Waals surface area contributed by atoms with Gasteiger partial charge in [-0.25, -0.2) is 19.2 Å². The van der Waals surface area contributed by atoms with E-state index in [0.29, 0.717) is 34.8 Å². The summed E-state index contributed by atoms with van der Waals surface area (Å²) in [4.78, 5) is 33.8. The Labute approximate surface area is 266 Å². The van der Waals surface area contributed by atoms with E-state index in [4.69, 9.17) is 14.2 Å². The zero-order valence-corrected chi connectivity index (χ0v) is 27.1. The summed E-state index contributed by atoms with van der Waals surface area (Å²) in [6.07, 6.45) is 4.64. The van der Waals surface area contributed by atoms with Crippen LogP contribution in [-0.2, 0) is 15.9 Å². The lowest BCUT2D eigenvalue weighted by atomic mass is 10.0. The zero-order valence-electron chi connectivity index (χ0n) is 27.1. The Morgan fingerprint density at radius 1 is 1.02 bits per heavy atom. The molecule has 0 saturated heterocycles. The van der Waals surface area contributed by atoms with E-state index >= 15 is 0 Å². The Kier molecular flexibility index (Phi) is 10.5. The fourth-order valence-electron chi connectivity index (χ4n) is 4.69. The number of aromatic nitrogens is 3. The van der Waals surface area contributed by atoms with Crippen LogP contribution < -0.4 is 20.7 Å². The van der Waals surface area contributed by atoms with Gasteiger partial charge < -0.3 is 30.2 Å². The summed E-state index contributed by atoms with van der Waals surface area (Å²) in [7, 11) is 1.27. The summed E-state index contributed by atoms with van der Waals surface area (Å²) in [5.74, 6) is -2.17. The Balaban J connectivity index is 1.38. The number of ether oxygens (including phenoxy) is 3. The monoisotopic (exact) mass is 638 g/mol. The number of fused-ring (bicyclic) bond motifs is 1. The molecule has 0 saturated carbocycles. The van der Waals surface area contributed by atoms with E-state index in [1.165, 1.54) is 31.6 Å². The molecule has 2 heterocycles. The molecule has 2 aromatic carbocycles. The maximum absolute atomic E-state index is 14.8. The van der Waals surface area contributed by atoms with Gasteiger partial charge in [0.1, 0.15) is 5.60 Å². The average molecular weight is 639 g/mol. The van der Waals surface area contributed by atoms with Gasteiger partial charge >= 0.3 is 6.09 Å². The molecule has 4 rings (SSSR count). The summed E-state index contributed by atoms with van der Waals surface area (Å²) in [6.45, 7) is 11.7. The minimum atomic E-state index is -1.08. The molecule has 3 N–H and O–H groups in total. The lowest BCUT2D eigenvalue weighted by Gasteiger charge is -2.28. The number of imidazole rings is 1. The highest BCUT2D eigenvalue weighted by Crippen LogP contribution is 2.31. The van der Waals surface area contributed by atoms with Crippen molar-refractivity contribution in [2.24, 2.45) is 0 Å². The van der Waals surface area contributed by atoms with Crippen LogP contribution in [0.3, 0.4) is 0 Å². The van der Waals surface area contributed by atoms with Crippen LogP contribution in [0.5, 0.6) is 5.75 Å². The molecule has 0 bridgehead atoms. The van der Waals surface area contributed by atoms with E-state index < -0.39 is 28.9 Å². The second-order valence-electron chi connectivity index (χ2n) is 12.2. The number of carbonyl (C=O) groups excluding carboxylic acids is 2. The molecule has 246 valence electrons. The van der Waals surface area contributed by atoms with Gasteiger partial charge in [-0.15, -0.1) is 0 Å². The number of nitrogens with zero attached hydrogens (tertiary/aromatic N) is 3. The SMILES string of the molecule is CCc1cc(Nc2nccn3c(-c4ccc(OC)c(F)c4F)cnc23)ccc1C(=O)NCCOCC(C)(C)NC(=O)OC(C)(C)C. The maximum atomic E-state index is 14.8. The second kappa shape index (κ2) is 14.1. The highest BCUT2D eigenvalue weighted by Gasteiger charge is 2.25. The first-order valence-electron chi connectivity index (χ1n) is 14.8. The van der Waals surface area contributed by atoms with Crippen LogP contribution >= 0.6 is 0 Å². The molecule has 0 atom stereocenters. The van der Waals surface area contributed by atoms with Crippen LogP contribution in [-0.4, -0.2) is 64.4 Å². The highest BCUT2D eigenvalue weighted by atomic mass is 19.2. The number of aryl methyl sites for hydroxylation is 1. The highest BCUT2D eigenvalue weighted by molar-refractivity contribution is 5.96. The number of amides is 2. The van der Waals surface area contributed by atoms with Crippen molar-refractivity contribution in [3.8, 4) is 17.0 Å². The zero-order chi connectivity index (χ0) is 33.6. The number of benzene rings is 2. The third kappa shape index (κ3) is 8.27. The Hall–Kier alpha value is -4.78. The number of nitrogens with one attached hydrogen (secondary N) is 3. The van der Waals surface area contributed by atoms with Gasteiger partial charge in [-0.1, -0.05) is 6.92 Å². The minimum Gasteiger partial charge on any atom is -0.494 e. The number of methoxy groups -OCH3 is 1. The summed E-state index contributed by atoms with van der Waals surface area (Å²) < 4.78 is 46.7. The van der Waals surface area contributed by atoms with Crippen molar-refractivity contribution in [1.82, 2.24) is 25.0 Å². The molecular formula is C33H40F2N6O5. The van der Waals surface area contributed by atoms with Gasteiger partial charge in [0, 0.05) is 35.8 Å². The van der Waals surface area contributed by atoms with Crippen molar-refractivity contribution < 1.29 is 32.6 Å². The van der Waals surface area contributed by atoms with Gasteiger partial charge in [0.25, 0.3) is 5.91 Å². The maximum Gasteiger partial charge on any atom is 0.408 e. The smallest absolute Gasteiger partial charge is 0.408 e. The lowest BCUT2D eigenvalue weighted by Crippen LogP contribution is -2.49. The molecule has 0 spiro atoms. The molecule has 0 aliphatic heterocycles. The number of hydrogen-bond donors (Lipinski definition) is 3. The fraction of sp³-hybridized carbons (Fsp3) is 0.394. The summed E-state index contributed by atoms with van der Waals surface area (Å²) in [5.41, 5.74) is 1.50. The third-order valence-corrected chi connectivity index (χ3v) is 6.80. The van der Waals surface area contributed by atoms with Crippen LogP contribution in [0.2, 0.25) is 0 Å². The van der Waals surface area contributed by atoms with Crippen molar-refractivity contribution in [3.05, 3.63) is 71.7 Å². The molecular weight excluding hydrogens is 598 g/mol. The number of carbonyl (C=O) groups is 2. The first-order chi connectivity index (χ1) is 21.7. The van der Waals surface area contributed by atoms with Crippen LogP contribution in [0.25, 0.3) is 16.9 Å². The topological polar surface area (TPSA) is 128 Å². The first kappa shape index (κ1) is 34.1. The molecule has 46 heavy (non-hydrogen) atoms. The number of hydrogen-bond acceptors (Lipinski definition) is 8. The van der Waals surface area contributed by atoms with Gasteiger partial charge in [-0.2, -0.15) is 4.39 Å². The predicted octanol–water partition coefficient (Wildman–Crippen LogP) is 6.04. The quantitative estimate of drug-likeness (QED) is 0.160. The molecule has 0 aliphatic carbocycles. The molecule has 2 aromatic heterocycles. The van der Waals surface area contributed by atoms with Crippen molar-refractivity contribution in [1.29, 1.82) is 0 Å². The molecule has 0 unspecified atom stereocenters. The standard InChI is InChI=1S/C33H40F2N6O5/c1-8-20-17-21(9-10-22(20)30(42)37-14-16-45-19-33(5,6)40-31(43)46-32(2,3)4)39-28-29-38-18-24(41(29)15-13-36-28)23-11-12-25(44-7)27(35)26(23)34/h9-13,15,17-18H,8,14,16,19H2,1-7H3,(H,36,39)(H,37,42)(H,40,43). The van der Waals surface area contributed by atoms with E-state index in [1.807, 2.05) is 26.8 Å². The van der Waals surface area contributed by atoms with E-state index in [9.17, 15) is 18.4 Å². The van der Waals surface area contributed by atoms with Gasteiger partial charge in [-0.05, 0) is 76.9 Å². The van der Waals surface area contributed by atoms with Gasteiger partial charge in [-0.3, -0.25) is 9.20 Å². The summed E-state index contributed by atoms with van der Waals surface area (Å²) in [6, 6.07) is 8.12. The fourth-order valence-corrected chi connectivity index (χ4v) is 4.69. The Morgan fingerprint density at radius 3 is 2.48 bits per heavy atom. The number of halogens is 2. The van der Waals surface area contributed by atoms with Gasteiger partial charge in [0.15, 0.2) is 23.0 Å². The first-order valence-corrected chi connectivity index (χ1v) is 14.8. The van der Waals surface area contributed by atoms with Gasteiger partial charge in [0.2, 0.25) is 5.82 Å². The number of rotatable bonds is 12. The molecule has 4 aromatic rings. The number of anilines is 2. The van der Waals surface area contributed by atoms with Crippen molar-refractivity contribution >= 4 is 29.2 Å².